The van der Waals surface area contributed by atoms with Crippen LogP contribution in [0.4, 0.5) is 0 Å². The quantitative estimate of drug-likeness (QED) is 0.805. The zero-order valence-corrected chi connectivity index (χ0v) is 9.74. The normalized spacial score (nSPS) is 21.7. The van der Waals surface area contributed by atoms with Crippen molar-refractivity contribution in [2.24, 2.45) is 0 Å². The van der Waals surface area contributed by atoms with Crippen LogP contribution in [0, 0.1) is 0 Å². The lowest BCUT2D eigenvalue weighted by molar-refractivity contribution is -0.00987. The van der Waals surface area contributed by atoms with Crippen molar-refractivity contribution >= 4 is 21.8 Å². The Morgan fingerprint density at radius 1 is 1.80 bits per heavy atom. The van der Waals surface area contributed by atoms with Crippen LogP contribution >= 0.6 is 15.9 Å². The molecule has 1 aromatic rings. The van der Waals surface area contributed by atoms with E-state index in [0.29, 0.717) is 25.4 Å². The summed E-state index contributed by atoms with van der Waals surface area (Å²) in [6.45, 7) is 1.86. The predicted octanol–water partition coefficient (Wildman–Crippen LogP) is 0.646. The minimum atomic E-state index is -0.0123. The molecule has 1 fully saturated rings. The van der Waals surface area contributed by atoms with Crippen LogP contribution < -0.4 is 0 Å². The topological polar surface area (TPSA) is 58.2 Å². The van der Waals surface area contributed by atoms with Gasteiger partial charge in [0.1, 0.15) is 5.69 Å². The summed E-state index contributed by atoms with van der Waals surface area (Å²) in [7, 11) is 0. The predicted molar refractivity (Wildman–Crippen MR) is 58.0 cm³/mol. The molecule has 1 amide bonds. The summed E-state index contributed by atoms with van der Waals surface area (Å²) in [5, 5.41) is 7.19. The maximum atomic E-state index is 11.9. The van der Waals surface area contributed by atoms with Crippen LogP contribution in [0.2, 0.25) is 0 Å². The molecule has 1 N–H and O–H groups in total. The Labute approximate surface area is 95.9 Å². The number of aromatic nitrogens is 2. The largest absolute Gasteiger partial charge is 0.374 e. The van der Waals surface area contributed by atoms with Gasteiger partial charge in [0.25, 0.3) is 5.91 Å². The number of H-pyrrole nitrogens is 1. The molecule has 1 aliphatic heterocycles. The third-order valence-electron chi connectivity index (χ3n) is 2.33. The van der Waals surface area contributed by atoms with E-state index < -0.39 is 0 Å². The molecule has 0 radical (unpaired) electrons. The highest BCUT2D eigenvalue weighted by Crippen LogP contribution is 2.10. The second-order valence-electron chi connectivity index (χ2n) is 3.37. The highest BCUT2D eigenvalue weighted by Gasteiger charge is 2.24. The van der Waals surface area contributed by atoms with E-state index in [1.54, 1.807) is 17.2 Å². The molecule has 0 bridgehead atoms. The summed E-state index contributed by atoms with van der Waals surface area (Å²) in [6, 6.07) is 1.68. The first-order valence-corrected chi connectivity index (χ1v) is 5.89. The van der Waals surface area contributed by atoms with Gasteiger partial charge >= 0.3 is 0 Å². The molecule has 1 atom stereocenters. The lowest BCUT2D eigenvalue weighted by Gasteiger charge is -2.31. The van der Waals surface area contributed by atoms with Crippen LogP contribution in [0.3, 0.4) is 0 Å². The number of halogens is 1. The lowest BCUT2D eigenvalue weighted by atomic mass is 10.2. The number of nitrogens with zero attached hydrogens (tertiary/aromatic N) is 2. The highest BCUT2D eigenvalue weighted by molar-refractivity contribution is 9.09. The van der Waals surface area contributed by atoms with E-state index in [1.165, 1.54) is 0 Å². The first-order chi connectivity index (χ1) is 7.31. The molecule has 0 aromatic carbocycles. The van der Waals surface area contributed by atoms with Gasteiger partial charge in [0.2, 0.25) is 0 Å². The fourth-order valence-electron chi connectivity index (χ4n) is 1.54. The van der Waals surface area contributed by atoms with Gasteiger partial charge in [-0.1, -0.05) is 15.9 Å². The van der Waals surface area contributed by atoms with E-state index in [2.05, 4.69) is 26.1 Å². The van der Waals surface area contributed by atoms with Gasteiger partial charge in [-0.25, -0.2) is 0 Å². The standard InChI is InChI=1S/C9H12BrN3O2/c10-5-7-6-13(3-4-15-7)9(14)8-1-2-11-12-8/h1-2,7H,3-6H2,(H,11,12). The molecule has 1 unspecified atom stereocenters. The molecule has 2 heterocycles. The fourth-order valence-corrected chi connectivity index (χ4v) is 1.93. The van der Waals surface area contributed by atoms with E-state index in [1.807, 2.05) is 0 Å². The van der Waals surface area contributed by atoms with Crippen molar-refractivity contribution in [1.29, 1.82) is 0 Å². The Morgan fingerprint density at radius 3 is 3.33 bits per heavy atom. The number of rotatable bonds is 2. The molecule has 15 heavy (non-hydrogen) atoms. The van der Waals surface area contributed by atoms with E-state index >= 15 is 0 Å². The minimum absolute atomic E-state index is 0.0123. The van der Waals surface area contributed by atoms with Crippen molar-refractivity contribution in [1.82, 2.24) is 15.1 Å². The highest BCUT2D eigenvalue weighted by atomic mass is 79.9. The molecule has 0 aliphatic carbocycles. The summed E-state index contributed by atoms with van der Waals surface area (Å²) in [4.78, 5) is 13.7. The number of hydrogen-bond acceptors (Lipinski definition) is 3. The average molecular weight is 274 g/mol. The summed E-state index contributed by atoms with van der Waals surface area (Å²) in [6.07, 6.45) is 1.67. The van der Waals surface area contributed by atoms with Crippen LogP contribution in [-0.2, 0) is 4.74 Å². The van der Waals surface area contributed by atoms with Crippen LogP contribution in [-0.4, -0.2) is 52.1 Å². The van der Waals surface area contributed by atoms with Crippen molar-refractivity contribution in [3.63, 3.8) is 0 Å². The minimum Gasteiger partial charge on any atom is -0.374 e. The van der Waals surface area contributed by atoms with Gasteiger partial charge in [-0.05, 0) is 6.07 Å². The number of ether oxygens (including phenoxy) is 1. The van der Waals surface area contributed by atoms with Gasteiger partial charge < -0.3 is 9.64 Å². The first-order valence-electron chi connectivity index (χ1n) is 4.77. The first kappa shape index (κ1) is 10.6. The zero-order chi connectivity index (χ0) is 10.7. The van der Waals surface area contributed by atoms with Gasteiger partial charge in [-0.15, -0.1) is 0 Å². The van der Waals surface area contributed by atoms with Crippen molar-refractivity contribution < 1.29 is 9.53 Å². The van der Waals surface area contributed by atoms with Crippen molar-refractivity contribution in [3.05, 3.63) is 18.0 Å². The van der Waals surface area contributed by atoms with E-state index in [4.69, 9.17) is 4.74 Å². The Hall–Kier alpha value is -0.880. The van der Waals surface area contributed by atoms with Gasteiger partial charge in [-0.3, -0.25) is 9.89 Å². The molecule has 5 nitrogen and oxygen atoms in total. The molecule has 6 heteroatoms. The van der Waals surface area contributed by atoms with Crippen molar-refractivity contribution in [2.75, 3.05) is 25.0 Å². The van der Waals surface area contributed by atoms with Gasteiger partial charge in [0.05, 0.1) is 12.7 Å². The molecule has 0 spiro atoms. The smallest absolute Gasteiger partial charge is 0.272 e. The summed E-state index contributed by atoms with van der Waals surface area (Å²) in [5.41, 5.74) is 0.533. The van der Waals surface area contributed by atoms with Crippen molar-refractivity contribution in [2.45, 2.75) is 6.10 Å². The molecule has 0 saturated carbocycles. The van der Waals surface area contributed by atoms with E-state index in [0.717, 1.165) is 5.33 Å². The van der Waals surface area contributed by atoms with Crippen LogP contribution in [0.15, 0.2) is 12.3 Å². The number of amides is 1. The van der Waals surface area contributed by atoms with Crippen molar-refractivity contribution in [3.8, 4) is 0 Å². The second kappa shape index (κ2) is 4.76. The Bertz CT molecular complexity index is 328. The monoisotopic (exact) mass is 273 g/mol. The van der Waals surface area contributed by atoms with E-state index in [-0.39, 0.29) is 12.0 Å². The third-order valence-corrected chi connectivity index (χ3v) is 3.05. The number of aromatic amines is 1. The number of carbonyl (C=O) groups is 1. The SMILES string of the molecule is O=C(c1ccn[nH]1)N1CCOC(CBr)C1. The van der Waals surface area contributed by atoms with Gasteiger partial charge in [-0.2, -0.15) is 5.10 Å². The number of alkyl halides is 1. The Kier molecular flexibility index (Phi) is 3.37. The molecular formula is C9H12BrN3O2. The van der Waals surface area contributed by atoms with Crippen LogP contribution in [0.1, 0.15) is 10.5 Å². The molecule has 82 valence electrons. The maximum Gasteiger partial charge on any atom is 0.272 e. The lowest BCUT2D eigenvalue weighted by Crippen LogP contribution is -2.46. The fraction of sp³-hybridized carbons (Fsp3) is 0.556. The molecule has 2 rings (SSSR count). The second-order valence-corrected chi connectivity index (χ2v) is 4.02. The molecule has 1 aliphatic rings. The maximum absolute atomic E-state index is 11.9. The summed E-state index contributed by atoms with van der Waals surface area (Å²) in [5.74, 6) is -0.0123. The molecule has 1 aromatic heterocycles. The van der Waals surface area contributed by atoms with E-state index in [9.17, 15) is 4.79 Å². The molecular weight excluding hydrogens is 262 g/mol. The number of hydrogen-bond donors (Lipinski definition) is 1. The van der Waals surface area contributed by atoms with Crippen LogP contribution in [0.5, 0.6) is 0 Å². The Morgan fingerprint density at radius 2 is 2.67 bits per heavy atom. The van der Waals surface area contributed by atoms with Crippen LogP contribution in [0.25, 0.3) is 0 Å². The summed E-state index contributed by atoms with van der Waals surface area (Å²) >= 11 is 3.35. The van der Waals surface area contributed by atoms with Gasteiger partial charge in [0.15, 0.2) is 0 Å². The number of morpholine rings is 1. The Balaban J connectivity index is 2.01. The average Bonchev–Trinajstić information content (AvgIpc) is 2.81. The zero-order valence-electron chi connectivity index (χ0n) is 8.15. The number of nitrogens with one attached hydrogen (secondary N) is 1. The third kappa shape index (κ3) is 2.38. The number of carbonyl (C=O) groups excluding carboxylic acids is 1. The van der Waals surface area contributed by atoms with Gasteiger partial charge in [0, 0.05) is 24.6 Å². The molecule has 1 saturated heterocycles. The summed E-state index contributed by atoms with van der Waals surface area (Å²) < 4.78 is 5.46.